The molecule has 0 N–H and O–H groups in total. The van der Waals surface area contributed by atoms with E-state index in [4.69, 9.17) is 21.3 Å². The van der Waals surface area contributed by atoms with E-state index in [1.807, 2.05) is 36.5 Å². The topological polar surface area (TPSA) is 26.5 Å². The summed E-state index contributed by atoms with van der Waals surface area (Å²) < 4.78 is 8.99. The maximum Gasteiger partial charge on any atom is 0.195 e. The van der Waals surface area contributed by atoms with E-state index in [0.29, 0.717) is 0 Å². The molecule has 0 aliphatic carbocycles. The molecule has 0 aliphatic rings. The highest BCUT2D eigenvalue weighted by Crippen LogP contribution is 2.33. The second kappa shape index (κ2) is 5.87. The van der Waals surface area contributed by atoms with Gasteiger partial charge in [-0.3, -0.25) is 4.40 Å². The molecule has 0 aliphatic heterocycles. The van der Waals surface area contributed by atoms with Gasteiger partial charge in [-0.25, -0.2) is 4.98 Å². The summed E-state index contributed by atoms with van der Waals surface area (Å²) in [7, 11) is 0. The average molecular weight is 343 g/mol. The monoisotopic (exact) mass is 342 g/mol. The largest absolute Gasteiger partial charge is 0.494 e. The molecule has 4 rings (SSSR count). The molecule has 0 atom stereocenters. The maximum absolute atomic E-state index is 6.28. The number of hydrogen-bond acceptors (Lipinski definition) is 3. The number of hydrogen-bond donors (Lipinski definition) is 0. The molecule has 2 aromatic heterocycles. The van der Waals surface area contributed by atoms with E-state index in [9.17, 15) is 0 Å². The number of aromatic nitrogens is 2. The summed E-state index contributed by atoms with van der Waals surface area (Å²) in [5, 5.41) is 0.720. The first-order valence-electron chi connectivity index (χ1n) is 7.55. The van der Waals surface area contributed by atoms with Gasteiger partial charge in [-0.2, -0.15) is 0 Å². The zero-order chi connectivity index (χ0) is 15.8. The summed E-state index contributed by atoms with van der Waals surface area (Å²) in [6.45, 7) is 2.85. The van der Waals surface area contributed by atoms with Gasteiger partial charge in [-0.15, -0.1) is 0 Å². The van der Waals surface area contributed by atoms with Crippen LogP contribution in [0.15, 0.2) is 48.7 Å². The predicted molar refractivity (Wildman–Crippen MR) is 96.8 cm³/mol. The van der Waals surface area contributed by atoms with Crippen LogP contribution in [0.1, 0.15) is 13.3 Å². The minimum Gasteiger partial charge on any atom is -0.494 e. The van der Waals surface area contributed by atoms with Crippen LogP contribution < -0.4 is 4.74 Å². The van der Waals surface area contributed by atoms with E-state index in [1.165, 1.54) is 4.70 Å². The second-order valence-corrected chi connectivity index (χ2v) is 6.75. The van der Waals surface area contributed by atoms with Crippen molar-refractivity contribution in [2.45, 2.75) is 13.3 Å². The van der Waals surface area contributed by atoms with Gasteiger partial charge in [-0.05, 0) is 30.7 Å². The molecule has 0 amide bonds. The van der Waals surface area contributed by atoms with Crippen LogP contribution in [0.4, 0.5) is 0 Å². The Morgan fingerprint density at radius 1 is 1.22 bits per heavy atom. The van der Waals surface area contributed by atoms with E-state index >= 15 is 0 Å². The Bertz CT molecular complexity index is 989. The van der Waals surface area contributed by atoms with Crippen LogP contribution in [0.3, 0.4) is 0 Å². The molecule has 2 heterocycles. The fourth-order valence-electron chi connectivity index (χ4n) is 2.59. The molecule has 4 aromatic rings. The number of imidazole rings is 1. The lowest BCUT2D eigenvalue weighted by Gasteiger charge is -2.03. The molecule has 0 fully saturated rings. The number of halogens is 1. The summed E-state index contributed by atoms with van der Waals surface area (Å²) in [6.07, 6.45) is 3.05. The van der Waals surface area contributed by atoms with Crippen LogP contribution in [-0.4, -0.2) is 16.0 Å². The third-order valence-corrected chi connectivity index (χ3v) is 5.04. The van der Waals surface area contributed by atoms with Gasteiger partial charge >= 0.3 is 0 Å². The summed E-state index contributed by atoms with van der Waals surface area (Å²) in [5.74, 6) is 0.912. The van der Waals surface area contributed by atoms with Crippen LogP contribution >= 0.6 is 22.9 Å². The Kier molecular flexibility index (Phi) is 3.71. The van der Waals surface area contributed by atoms with E-state index < -0.39 is 0 Å². The molecule has 2 aromatic carbocycles. The van der Waals surface area contributed by atoms with Gasteiger partial charge < -0.3 is 4.74 Å². The number of rotatable bonds is 4. The maximum atomic E-state index is 6.28. The first-order valence-corrected chi connectivity index (χ1v) is 8.75. The standard InChI is InChI=1S/C18H15ClN2OS/c1-2-9-22-12-7-8-16-17(10-12)23-18-20-15(11-21(16)18)13-5-3-4-6-14(13)19/h3-8,10-11H,2,9H2,1H3. The molecule has 0 unspecified atom stereocenters. The summed E-state index contributed by atoms with van der Waals surface area (Å²) in [5.41, 5.74) is 3.00. The lowest BCUT2D eigenvalue weighted by Crippen LogP contribution is -1.94. The van der Waals surface area contributed by atoms with Gasteiger partial charge in [0, 0.05) is 11.8 Å². The molecule has 0 spiro atoms. The minimum atomic E-state index is 0.720. The quantitative estimate of drug-likeness (QED) is 0.478. The van der Waals surface area contributed by atoms with E-state index in [2.05, 4.69) is 23.5 Å². The highest BCUT2D eigenvalue weighted by molar-refractivity contribution is 7.23. The number of ether oxygens (including phenoxy) is 1. The Labute approximate surface area is 143 Å². The zero-order valence-electron chi connectivity index (χ0n) is 12.6. The Morgan fingerprint density at radius 2 is 2.09 bits per heavy atom. The number of thiazole rings is 1. The highest BCUT2D eigenvalue weighted by atomic mass is 35.5. The van der Waals surface area contributed by atoms with Gasteiger partial charge in [-0.1, -0.05) is 48.1 Å². The molecule has 0 bridgehead atoms. The molecule has 3 nitrogen and oxygen atoms in total. The smallest absolute Gasteiger partial charge is 0.195 e. The molecule has 0 saturated carbocycles. The third kappa shape index (κ3) is 2.58. The van der Waals surface area contributed by atoms with Gasteiger partial charge in [0.2, 0.25) is 0 Å². The fourth-order valence-corrected chi connectivity index (χ4v) is 3.86. The van der Waals surface area contributed by atoms with E-state index in [0.717, 1.165) is 45.5 Å². The van der Waals surface area contributed by atoms with Crippen molar-refractivity contribution in [3.05, 3.63) is 53.7 Å². The fraction of sp³-hybridized carbons (Fsp3) is 0.167. The van der Waals surface area contributed by atoms with E-state index in [1.54, 1.807) is 11.3 Å². The number of fused-ring (bicyclic) bond motifs is 3. The third-order valence-electron chi connectivity index (χ3n) is 3.69. The Morgan fingerprint density at radius 3 is 2.91 bits per heavy atom. The summed E-state index contributed by atoms with van der Waals surface area (Å²) in [6, 6.07) is 14.0. The highest BCUT2D eigenvalue weighted by Gasteiger charge is 2.12. The molecule has 5 heteroatoms. The summed E-state index contributed by atoms with van der Waals surface area (Å²) in [4.78, 5) is 5.69. The van der Waals surface area contributed by atoms with Crippen molar-refractivity contribution in [2.75, 3.05) is 6.61 Å². The lowest BCUT2D eigenvalue weighted by molar-refractivity contribution is 0.318. The van der Waals surface area contributed by atoms with Crippen LogP contribution in [0.5, 0.6) is 5.75 Å². The first kappa shape index (κ1) is 14.5. The normalized spacial score (nSPS) is 11.4. The average Bonchev–Trinajstić information content (AvgIpc) is 3.10. The molecule has 0 saturated heterocycles. The van der Waals surface area contributed by atoms with Crippen LogP contribution in [-0.2, 0) is 0 Å². The Hall–Kier alpha value is -2.04. The van der Waals surface area contributed by atoms with Crippen LogP contribution in [0.2, 0.25) is 5.02 Å². The molecule has 0 radical (unpaired) electrons. The van der Waals surface area contributed by atoms with Gasteiger partial charge in [0.1, 0.15) is 5.75 Å². The predicted octanol–water partition coefficient (Wildman–Crippen LogP) is 5.66. The van der Waals surface area contributed by atoms with Crippen LogP contribution in [0.25, 0.3) is 26.4 Å². The molecular weight excluding hydrogens is 328 g/mol. The number of benzene rings is 2. The van der Waals surface area contributed by atoms with Gasteiger partial charge in [0.05, 0.1) is 27.5 Å². The van der Waals surface area contributed by atoms with Crippen molar-refractivity contribution in [2.24, 2.45) is 0 Å². The van der Waals surface area contributed by atoms with Crippen molar-refractivity contribution in [1.29, 1.82) is 0 Å². The molecule has 116 valence electrons. The van der Waals surface area contributed by atoms with Gasteiger partial charge in [0.15, 0.2) is 4.96 Å². The van der Waals surface area contributed by atoms with Crippen molar-refractivity contribution in [1.82, 2.24) is 9.38 Å². The second-order valence-electron chi connectivity index (χ2n) is 5.34. The van der Waals surface area contributed by atoms with Crippen molar-refractivity contribution in [3.63, 3.8) is 0 Å². The Balaban J connectivity index is 1.80. The zero-order valence-corrected chi connectivity index (χ0v) is 14.2. The van der Waals surface area contributed by atoms with Crippen molar-refractivity contribution >= 4 is 38.1 Å². The van der Waals surface area contributed by atoms with Gasteiger partial charge in [0.25, 0.3) is 0 Å². The summed E-state index contributed by atoms with van der Waals surface area (Å²) >= 11 is 7.94. The molecule has 23 heavy (non-hydrogen) atoms. The minimum absolute atomic E-state index is 0.720. The van der Waals surface area contributed by atoms with Crippen molar-refractivity contribution < 1.29 is 4.74 Å². The SMILES string of the molecule is CCCOc1ccc2c(c1)sc1nc(-c3ccccc3Cl)cn12. The van der Waals surface area contributed by atoms with Crippen LogP contribution in [0, 0.1) is 0 Å². The lowest BCUT2D eigenvalue weighted by atomic mass is 10.2. The number of nitrogens with zero attached hydrogens (tertiary/aromatic N) is 2. The molecular formula is C18H15ClN2OS. The van der Waals surface area contributed by atoms with Crippen molar-refractivity contribution in [3.8, 4) is 17.0 Å². The first-order chi connectivity index (χ1) is 11.3. The van der Waals surface area contributed by atoms with E-state index in [-0.39, 0.29) is 0 Å².